The highest BCUT2D eigenvalue weighted by molar-refractivity contribution is 5.73. The smallest absolute Gasteiger partial charge is 0.414 e. The number of aliphatic hydroxyl groups is 5. The minimum absolute atomic E-state index is 0.0578. The van der Waals surface area contributed by atoms with Gasteiger partial charge in [-0.1, -0.05) is 13.8 Å². The van der Waals surface area contributed by atoms with E-state index in [1.165, 1.54) is 0 Å². The average molecular weight is 1220 g/mol. The molecule has 0 bridgehead atoms. The molecule has 25 heteroatoms. The van der Waals surface area contributed by atoms with Crippen molar-refractivity contribution in [3.05, 3.63) is 0 Å². The Morgan fingerprint density at radius 3 is 1.33 bits per heavy atom. The predicted octanol–water partition coefficient (Wildman–Crippen LogP) is 6.16. The zero-order valence-electron chi connectivity index (χ0n) is 52.1. The number of aliphatic hydroxyl groups excluding tert-OH is 5. The number of carbonyl (C=O) groups is 3. The molecule has 4 aliphatic carbocycles. The van der Waals surface area contributed by atoms with Crippen molar-refractivity contribution in [1.82, 2.24) is 20.4 Å². The van der Waals surface area contributed by atoms with Crippen molar-refractivity contribution in [3.63, 3.8) is 0 Å². The Morgan fingerprint density at radius 1 is 0.607 bits per heavy atom. The summed E-state index contributed by atoms with van der Waals surface area (Å²) in [6.45, 7) is 27.0. The molecule has 486 valence electrons. The number of fused-ring (bicyclic) bond motifs is 2. The van der Waals surface area contributed by atoms with Crippen LogP contribution in [0.2, 0.25) is 0 Å². The highest BCUT2D eigenvalue weighted by Gasteiger charge is 2.71. The van der Waals surface area contributed by atoms with Crippen molar-refractivity contribution in [2.75, 3.05) is 40.4 Å². The van der Waals surface area contributed by atoms with Crippen LogP contribution in [0.5, 0.6) is 0 Å². The van der Waals surface area contributed by atoms with Crippen LogP contribution in [-0.2, 0) is 42.7 Å². The van der Waals surface area contributed by atoms with Crippen LogP contribution < -0.4 is 10.6 Å². The number of piperidine rings is 4. The second-order valence-corrected chi connectivity index (χ2v) is 28.5. The van der Waals surface area contributed by atoms with Crippen molar-refractivity contribution in [3.8, 4) is 0 Å². The molecule has 2 amide bonds. The van der Waals surface area contributed by atoms with Gasteiger partial charge in [-0.25, -0.2) is 18.4 Å². The quantitative estimate of drug-likeness (QED) is 0.106. The van der Waals surface area contributed by atoms with E-state index in [0.29, 0.717) is 45.3 Å². The summed E-state index contributed by atoms with van der Waals surface area (Å²) in [5, 5.41) is 53.4. The molecule has 20 nitrogen and oxygen atoms in total. The van der Waals surface area contributed by atoms with Crippen LogP contribution in [0.15, 0.2) is 0 Å². The molecule has 7 N–H and O–H groups in total. The molecule has 4 spiro atoms. The van der Waals surface area contributed by atoms with Gasteiger partial charge in [0.1, 0.15) is 59.3 Å². The van der Waals surface area contributed by atoms with Gasteiger partial charge < -0.3 is 78.9 Å². The zero-order valence-corrected chi connectivity index (χ0v) is 52.1. The molecule has 4 saturated carbocycles. The number of likely N-dealkylation sites (tertiary alicyclic amines) is 2. The minimum atomic E-state index is -4.78. The maximum atomic E-state index is 15.3. The number of alkyl halides is 5. The third-order valence-corrected chi connectivity index (χ3v) is 19.9. The maximum absolute atomic E-state index is 15.3. The monoisotopic (exact) mass is 1210 g/mol. The van der Waals surface area contributed by atoms with E-state index in [1.807, 2.05) is 90.0 Å². The Labute approximate surface area is 492 Å². The van der Waals surface area contributed by atoms with E-state index < -0.39 is 160 Å². The molecule has 3 unspecified atom stereocenters. The Hall–Kier alpha value is -2.66. The first-order valence-electron chi connectivity index (χ1n) is 30.1. The van der Waals surface area contributed by atoms with E-state index in [2.05, 4.69) is 10.6 Å². The standard InChI is InChI=1S/C21H36FNO5.C19H31NO6.C10H18FNO2.C9H14F3NO3/c1-9-13(22)15-16-14(26-19(5,6)20(7,25-8)27-16)12-23(21(15)10-11-21)17(24)28-18(2,3)4;1-16(2,3)26-15(22)20-10-13-14(12(11-21)19(20)8-9-19)25-18(6,23-7)17(4,5)24-13;1-2-6(11)8-9(14)7(13)5-12-10(8)3-4-10;10-9(11,12)7(16)5-6(15)4(14)3-13-8(5)1-2-8/h13-16H,9-12H2,1-8H3;11-14H,8-10H2,1-7H3;6-9,12-14H,2-5H2,1H3;4-7,13-16H,1-3H2/t13?,14-,15-,16+,20+;12-,13-,14-,18+;6?,7-,8-,9+;4-,5+,6+,7?/m1111/s1. The Bertz CT molecular complexity index is 2310. The zero-order chi connectivity index (χ0) is 63.1. The molecule has 0 aromatic carbocycles. The fraction of sp³-hybridized carbons (Fsp3) is 0.949. The highest BCUT2D eigenvalue weighted by atomic mass is 19.4. The number of aldehydes is 1. The Morgan fingerprint density at radius 2 is 0.976 bits per heavy atom. The Balaban J connectivity index is 0.000000167. The number of rotatable bonds is 8. The van der Waals surface area contributed by atoms with E-state index in [-0.39, 0.29) is 12.1 Å². The third kappa shape index (κ3) is 13.3. The summed E-state index contributed by atoms with van der Waals surface area (Å²) in [5.41, 5.74) is -4.87. The number of hydrogen-bond acceptors (Lipinski definition) is 18. The lowest BCUT2D eigenvalue weighted by atomic mass is 9.77. The molecule has 6 heterocycles. The summed E-state index contributed by atoms with van der Waals surface area (Å²) < 4.78 is 114. The molecule has 10 fully saturated rings. The number of amides is 2. The minimum Gasteiger partial charge on any atom is -0.444 e. The van der Waals surface area contributed by atoms with Crippen LogP contribution in [0.25, 0.3) is 0 Å². The number of hydrogen-bond donors (Lipinski definition) is 7. The summed E-state index contributed by atoms with van der Waals surface area (Å²) in [5.74, 6) is -4.75. The first-order chi connectivity index (χ1) is 38.6. The molecule has 6 saturated heterocycles. The molecule has 84 heavy (non-hydrogen) atoms. The maximum Gasteiger partial charge on any atom is 0.414 e. The number of ether oxygens (including phenoxy) is 8. The van der Waals surface area contributed by atoms with Gasteiger partial charge in [0.05, 0.1) is 60.6 Å². The predicted molar refractivity (Wildman–Crippen MR) is 295 cm³/mol. The lowest BCUT2D eigenvalue weighted by Crippen LogP contribution is -2.73. The average Bonchev–Trinajstić information content (AvgIpc) is 1.54. The van der Waals surface area contributed by atoms with Gasteiger partial charge in [-0.2, -0.15) is 13.2 Å². The lowest BCUT2D eigenvalue weighted by molar-refractivity contribution is -0.399. The van der Waals surface area contributed by atoms with Gasteiger partial charge in [0.2, 0.25) is 0 Å². The molecule has 0 aromatic rings. The SMILES string of the molecule is CCC(F)[C@@H]1[C@@H](O)[C@H](O)CNC12CC2.CCC(F)[C@@H]1[C@H]2O[C@](C)(OC)C(C)(C)O[C@@H]2CN(C(=O)OC(C)(C)C)C12CC2.CO[C@@]1(C)O[C@@H]2[C@@H](C=O)C3(CC3)N(C(=O)OC(C)(C)C)C[C@H]2OC1(C)C.OC([C@@H]1[C@@H](O)[C@H](O)CNC12CC2)C(F)(F)F. The van der Waals surface area contributed by atoms with Crippen LogP contribution in [0.1, 0.15) is 161 Å². The number of β-amino-alcohol motifs (C(OH)–C–C–N with tert-alkyl or cyclic N) is 2. The lowest BCUT2D eigenvalue weighted by Gasteiger charge is -2.59. The van der Waals surface area contributed by atoms with E-state index in [9.17, 15) is 57.5 Å². The van der Waals surface area contributed by atoms with Crippen LogP contribution in [0, 0.1) is 23.7 Å². The van der Waals surface area contributed by atoms with Gasteiger partial charge in [0.25, 0.3) is 0 Å². The Kier molecular flexibility index (Phi) is 19.6. The summed E-state index contributed by atoms with van der Waals surface area (Å²) in [4.78, 5) is 41.2. The van der Waals surface area contributed by atoms with Crippen molar-refractivity contribution in [2.45, 2.75) is 291 Å². The van der Waals surface area contributed by atoms with Gasteiger partial charge in [-0.15, -0.1) is 0 Å². The van der Waals surface area contributed by atoms with E-state index >= 15 is 4.39 Å². The molecular formula is C59H99F5N4O16. The number of carbonyl (C=O) groups excluding carboxylic acids is 3. The van der Waals surface area contributed by atoms with E-state index in [0.717, 1.165) is 44.8 Å². The van der Waals surface area contributed by atoms with E-state index in [1.54, 1.807) is 30.9 Å². The number of methoxy groups -OCH3 is 2. The van der Waals surface area contributed by atoms with Gasteiger partial charge in [0.15, 0.2) is 17.7 Å². The first kappa shape index (κ1) is 68.8. The van der Waals surface area contributed by atoms with Crippen molar-refractivity contribution < 1.29 is 99.8 Å². The molecular weight excluding hydrogens is 1120 g/mol. The third-order valence-electron chi connectivity index (χ3n) is 19.9. The largest absolute Gasteiger partial charge is 0.444 e. The molecule has 17 atom stereocenters. The van der Waals surface area contributed by atoms with Gasteiger partial charge in [-0.05, 0) is 147 Å². The fourth-order valence-corrected chi connectivity index (χ4v) is 13.9. The summed E-state index contributed by atoms with van der Waals surface area (Å²) >= 11 is 0. The number of nitrogens with zero attached hydrogens (tertiary/aromatic N) is 2. The molecule has 10 rings (SSSR count). The molecule has 10 aliphatic rings. The second kappa shape index (κ2) is 23.9. The fourth-order valence-electron chi connectivity index (χ4n) is 13.9. The van der Waals surface area contributed by atoms with Crippen LogP contribution in [-0.4, -0.2) is 224 Å². The van der Waals surface area contributed by atoms with Crippen molar-refractivity contribution in [2.24, 2.45) is 23.7 Å². The second-order valence-electron chi connectivity index (χ2n) is 28.5. The number of nitrogens with one attached hydrogen (secondary N) is 2. The highest BCUT2D eigenvalue weighted by Crippen LogP contribution is 2.59. The van der Waals surface area contributed by atoms with Gasteiger partial charge in [-0.3, -0.25) is 9.80 Å². The normalized spacial score (nSPS) is 38.8. The topological polar surface area (TPSA) is 257 Å². The van der Waals surface area contributed by atoms with Gasteiger partial charge in [0, 0.05) is 56.1 Å². The summed E-state index contributed by atoms with van der Waals surface area (Å²) in [7, 11) is 3.15. The van der Waals surface area contributed by atoms with Crippen LogP contribution in [0.3, 0.4) is 0 Å². The van der Waals surface area contributed by atoms with Crippen LogP contribution >= 0.6 is 0 Å². The van der Waals surface area contributed by atoms with Gasteiger partial charge >= 0.3 is 18.4 Å². The van der Waals surface area contributed by atoms with Crippen molar-refractivity contribution >= 4 is 18.5 Å². The summed E-state index contributed by atoms with van der Waals surface area (Å²) in [6, 6.07) is 0. The summed E-state index contributed by atoms with van der Waals surface area (Å²) in [6.07, 6.45) is -9.17. The van der Waals surface area contributed by atoms with Crippen LogP contribution in [0.4, 0.5) is 31.5 Å². The molecule has 0 aromatic heterocycles. The molecule has 6 aliphatic heterocycles. The first-order valence-corrected chi connectivity index (χ1v) is 30.1. The number of halogens is 5. The van der Waals surface area contributed by atoms with Crippen molar-refractivity contribution in [1.29, 1.82) is 0 Å². The molecule has 0 radical (unpaired) electrons. The van der Waals surface area contributed by atoms with E-state index in [4.69, 9.17) is 37.9 Å².